The van der Waals surface area contributed by atoms with E-state index >= 15 is 0 Å². The van der Waals surface area contributed by atoms with Crippen LogP contribution in [-0.4, -0.2) is 14.7 Å². The molecule has 3 nitrogen and oxygen atoms in total. The Balaban J connectivity index is 1.79. The lowest BCUT2D eigenvalue weighted by atomic mass is 9.77. The Morgan fingerprint density at radius 2 is 1.88 bits per heavy atom. The van der Waals surface area contributed by atoms with Gasteiger partial charge in [-0.15, -0.1) is 0 Å². The summed E-state index contributed by atoms with van der Waals surface area (Å²) in [6.07, 6.45) is 6.70. The highest BCUT2D eigenvalue weighted by Crippen LogP contribution is 2.50. The molecule has 0 amide bonds. The van der Waals surface area contributed by atoms with Crippen LogP contribution in [0.15, 0.2) is 64.0 Å². The largest absolute Gasteiger partial charge is 0.378 e. The zero-order valence-electron chi connectivity index (χ0n) is 13.2. The number of halogens is 1. The van der Waals surface area contributed by atoms with Crippen LogP contribution in [0.25, 0.3) is 0 Å². The van der Waals surface area contributed by atoms with E-state index in [9.17, 15) is 8.42 Å². The molecule has 2 aromatic carbocycles. The van der Waals surface area contributed by atoms with Crippen LogP contribution in [0.4, 0.5) is 5.69 Å². The van der Waals surface area contributed by atoms with Crippen LogP contribution in [0.3, 0.4) is 0 Å². The molecule has 0 spiro atoms. The maximum absolute atomic E-state index is 11.9. The zero-order chi connectivity index (χ0) is 16.9. The quantitative estimate of drug-likeness (QED) is 0.740. The number of nitrogens with one attached hydrogen (secondary N) is 1. The van der Waals surface area contributed by atoms with Crippen LogP contribution in [0.1, 0.15) is 29.5 Å². The molecule has 1 aliphatic heterocycles. The molecule has 1 aliphatic carbocycles. The summed E-state index contributed by atoms with van der Waals surface area (Å²) in [6.45, 7) is 0. The Morgan fingerprint density at radius 1 is 1.12 bits per heavy atom. The Kier molecular flexibility index (Phi) is 3.81. The van der Waals surface area contributed by atoms with Crippen molar-refractivity contribution in [2.24, 2.45) is 5.92 Å². The first-order chi connectivity index (χ1) is 11.4. The van der Waals surface area contributed by atoms with E-state index < -0.39 is 9.84 Å². The summed E-state index contributed by atoms with van der Waals surface area (Å²) in [5.74, 6) is 0.671. The van der Waals surface area contributed by atoms with Crippen molar-refractivity contribution in [3.8, 4) is 0 Å². The van der Waals surface area contributed by atoms with Crippen LogP contribution in [0, 0.1) is 5.92 Å². The summed E-state index contributed by atoms with van der Waals surface area (Å²) < 4.78 is 24.8. The fraction of sp³-hybridized carbons (Fsp3) is 0.263. The Morgan fingerprint density at radius 3 is 2.58 bits per heavy atom. The van der Waals surface area contributed by atoms with Gasteiger partial charge in [0.1, 0.15) is 0 Å². The fourth-order valence-corrected chi connectivity index (χ4v) is 4.72. The van der Waals surface area contributed by atoms with E-state index in [0.717, 1.165) is 22.1 Å². The van der Waals surface area contributed by atoms with Gasteiger partial charge in [0, 0.05) is 22.3 Å². The van der Waals surface area contributed by atoms with Gasteiger partial charge in [-0.3, -0.25) is 0 Å². The van der Waals surface area contributed by atoms with Crippen molar-refractivity contribution in [2.75, 3.05) is 11.6 Å². The van der Waals surface area contributed by atoms with E-state index in [2.05, 4.69) is 57.7 Å². The fourth-order valence-electron chi connectivity index (χ4n) is 3.80. The third-order valence-corrected chi connectivity index (χ3v) is 6.63. The van der Waals surface area contributed by atoms with Gasteiger partial charge in [0.05, 0.1) is 10.9 Å². The Bertz CT molecular complexity index is 919. The lowest BCUT2D eigenvalue weighted by Crippen LogP contribution is -2.29. The van der Waals surface area contributed by atoms with Gasteiger partial charge in [0.15, 0.2) is 9.84 Å². The molecule has 0 unspecified atom stereocenters. The van der Waals surface area contributed by atoms with Gasteiger partial charge in [-0.2, -0.15) is 0 Å². The summed E-state index contributed by atoms with van der Waals surface area (Å²) >= 11 is 3.49. The molecule has 0 bridgehead atoms. The molecule has 1 heterocycles. The molecule has 5 heteroatoms. The number of hydrogen-bond acceptors (Lipinski definition) is 3. The number of rotatable bonds is 2. The molecule has 0 fully saturated rings. The molecule has 24 heavy (non-hydrogen) atoms. The highest BCUT2D eigenvalue weighted by Gasteiger charge is 2.38. The smallest absolute Gasteiger partial charge is 0.175 e. The second-order valence-corrected chi connectivity index (χ2v) is 9.48. The van der Waals surface area contributed by atoms with Gasteiger partial charge in [-0.1, -0.05) is 40.2 Å². The first-order valence-electron chi connectivity index (χ1n) is 7.96. The van der Waals surface area contributed by atoms with Crippen LogP contribution >= 0.6 is 15.9 Å². The molecule has 124 valence electrons. The minimum atomic E-state index is -3.19. The molecule has 1 N–H and O–H groups in total. The van der Waals surface area contributed by atoms with Gasteiger partial charge in [0.2, 0.25) is 0 Å². The number of fused-ring (bicyclic) bond motifs is 3. The highest BCUT2D eigenvalue weighted by atomic mass is 79.9. The van der Waals surface area contributed by atoms with E-state index in [-0.39, 0.29) is 12.0 Å². The van der Waals surface area contributed by atoms with Crippen molar-refractivity contribution in [2.45, 2.75) is 23.3 Å². The van der Waals surface area contributed by atoms with Gasteiger partial charge in [-0.05, 0) is 53.8 Å². The van der Waals surface area contributed by atoms with Gasteiger partial charge < -0.3 is 5.32 Å². The second kappa shape index (κ2) is 5.74. The van der Waals surface area contributed by atoms with Crippen molar-refractivity contribution in [1.82, 2.24) is 0 Å². The third kappa shape index (κ3) is 2.70. The molecule has 0 saturated heterocycles. The number of allylic oxidation sites excluding steroid dienone is 2. The molecule has 0 saturated carbocycles. The van der Waals surface area contributed by atoms with Crippen molar-refractivity contribution in [3.05, 3.63) is 70.2 Å². The summed E-state index contributed by atoms with van der Waals surface area (Å²) in [7, 11) is -3.19. The Labute approximate surface area is 150 Å². The van der Waals surface area contributed by atoms with E-state index in [1.54, 1.807) is 6.07 Å². The van der Waals surface area contributed by atoms with Crippen molar-refractivity contribution < 1.29 is 8.42 Å². The second-order valence-electron chi connectivity index (χ2n) is 6.55. The van der Waals surface area contributed by atoms with Crippen molar-refractivity contribution in [3.63, 3.8) is 0 Å². The summed E-state index contributed by atoms with van der Waals surface area (Å²) in [5, 5.41) is 3.63. The average molecular weight is 404 g/mol. The number of hydrogen-bond donors (Lipinski definition) is 1. The predicted molar refractivity (Wildman–Crippen MR) is 100 cm³/mol. The molecule has 2 aromatic rings. The van der Waals surface area contributed by atoms with E-state index in [1.807, 2.05) is 12.1 Å². The lowest BCUT2D eigenvalue weighted by molar-refractivity contribution is 0.425. The molecule has 0 radical (unpaired) electrons. The standard InChI is InChI=1S/C19H18BrNO2S/c1-24(22,23)14-9-10-18-17(11-14)15-3-2-4-16(15)19(21-18)12-5-7-13(20)8-6-12/h2-3,5-11,15-16,19,21H,4H2,1H3/t15-,16+,19+/m0/s1. The molecule has 3 atom stereocenters. The molecular weight excluding hydrogens is 386 g/mol. The molecule has 4 rings (SSSR count). The van der Waals surface area contributed by atoms with Crippen LogP contribution in [0.2, 0.25) is 0 Å². The van der Waals surface area contributed by atoms with Crippen molar-refractivity contribution >= 4 is 31.5 Å². The topological polar surface area (TPSA) is 46.2 Å². The zero-order valence-corrected chi connectivity index (χ0v) is 15.6. The van der Waals surface area contributed by atoms with Gasteiger partial charge in [0.25, 0.3) is 0 Å². The maximum Gasteiger partial charge on any atom is 0.175 e. The van der Waals surface area contributed by atoms with Gasteiger partial charge >= 0.3 is 0 Å². The maximum atomic E-state index is 11.9. The molecule has 0 aromatic heterocycles. The number of sulfone groups is 1. The normalized spacial score (nSPS) is 25.0. The lowest BCUT2D eigenvalue weighted by Gasteiger charge is -2.37. The van der Waals surface area contributed by atoms with Crippen molar-refractivity contribution in [1.29, 1.82) is 0 Å². The average Bonchev–Trinajstić information content (AvgIpc) is 3.03. The third-order valence-electron chi connectivity index (χ3n) is 4.99. The van der Waals surface area contributed by atoms with Crippen LogP contribution in [-0.2, 0) is 9.84 Å². The summed E-state index contributed by atoms with van der Waals surface area (Å²) in [6, 6.07) is 14.1. The summed E-state index contributed by atoms with van der Waals surface area (Å²) in [4.78, 5) is 0.393. The van der Waals surface area contributed by atoms with Crippen LogP contribution in [0.5, 0.6) is 0 Å². The minimum absolute atomic E-state index is 0.231. The SMILES string of the molecule is CS(=O)(=O)c1ccc2c(c1)[C@H]1C=CC[C@H]1[C@@H](c1ccc(Br)cc1)N2. The molecular formula is C19H18BrNO2S. The van der Waals surface area contributed by atoms with Gasteiger partial charge in [-0.25, -0.2) is 8.42 Å². The number of anilines is 1. The van der Waals surface area contributed by atoms with E-state index in [4.69, 9.17) is 0 Å². The number of benzene rings is 2. The van der Waals surface area contributed by atoms with Crippen LogP contribution < -0.4 is 5.32 Å². The molecule has 2 aliphatic rings. The van der Waals surface area contributed by atoms with E-state index in [1.165, 1.54) is 11.8 Å². The van der Waals surface area contributed by atoms with E-state index in [0.29, 0.717) is 10.8 Å². The monoisotopic (exact) mass is 403 g/mol. The summed E-state index contributed by atoms with van der Waals surface area (Å²) in [5.41, 5.74) is 3.38. The first kappa shape index (κ1) is 15.9. The minimum Gasteiger partial charge on any atom is -0.378 e. The first-order valence-corrected chi connectivity index (χ1v) is 10.6. The highest BCUT2D eigenvalue weighted by molar-refractivity contribution is 9.10. The predicted octanol–water partition coefficient (Wildman–Crippen LogP) is 4.68. The Hall–Kier alpha value is -1.59.